The molecule has 0 aliphatic carbocycles. The van der Waals surface area contributed by atoms with E-state index in [-0.39, 0.29) is 10.8 Å². The first kappa shape index (κ1) is 20.0. The SMILES string of the molecule is Cc1ccc(S(=O)(=O)N2CCOCC2)cc1NC(=O)CCCc1cccs1. The molecule has 3 rings (SSSR count). The van der Waals surface area contributed by atoms with Gasteiger partial charge in [0.25, 0.3) is 0 Å². The molecular weight excluding hydrogens is 384 g/mol. The maximum atomic E-state index is 12.8. The Morgan fingerprint density at radius 1 is 1.26 bits per heavy atom. The quantitative estimate of drug-likeness (QED) is 0.764. The summed E-state index contributed by atoms with van der Waals surface area (Å²) in [4.78, 5) is 13.7. The lowest BCUT2D eigenvalue weighted by Crippen LogP contribution is -2.40. The number of amides is 1. The van der Waals surface area contributed by atoms with Crippen molar-refractivity contribution in [3.63, 3.8) is 0 Å². The average molecular weight is 409 g/mol. The lowest BCUT2D eigenvalue weighted by atomic mass is 10.1. The lowest BCUT2D eigenvalue weighted by molar-refractivity contribution is -0.116. The largest absolute Gasteiger partial charge is 0.379 e. The number of thiophene rings is 1. The molecule has 1 N–H and O–H groups in total. The summed E-state index contributed by atoms with van der Waals surface area (Å²) in [6.45, 7) is 3.35. The second-order valence-corrected chi connectivity index (χ2v) is 9.44. The van der Waals surface area contributed by atoms with Crippen molar-refractivity contribution in [2.45, 2.75) is 31.1 Å². The van der Waals surface area contributed by atoms with Gasteiger partial charge >= 0.3 is 0 Å². The molecule has 1 aromatic carbocycles. The number of hydrogen-bond donors (Lipinski definition) is 1. The molecule has 1 saturated heterocycles. The Labute approximate surface area is 164 Å². The Morgan fingerprint density at radius 3 is 2.74 bits per heavy atom. The molecule has 1 aliphatic rings. The van der Waals surface area contributed by atoms with Crippen LogP contribution in [0, 0.1) is 6.92 Å². The summed E-state index contributed by atoms with van der Waals surface area (Å²) in [6.07, 6.45) is 2.03. The van der Waals surface area contributed by atoms with E-state index in [9.17, 15) is 13.2 Å². The predicted octanol–water partition coefficient (Wildman–Crippen LogP) is 3.04. The molecule has 1 aromatic heterocycles. The van der Waals surface area contributed by atoms with Crippen molar-refractivity contribution in [2.24, 2.45) is 0 Å². The van der Waals surface area contributed by atoms with E-state index in [0.29, 0.717) is 38.4 Å². The summed E-state index contributed by atoms with van der Waals surface area (Å²) < 4.78 is 32.3. The minimum absolute atomic E-state index is 0.101. The number of morpholine rings is 1. The average Bonchev–Trinajstić information content (AvgIpc) is 3.17. The highest BCUT2D eigenvalue weighted by Gasteiger charge is 2.26. The number of hydrogen-bond acceptors (Lipinski definition) is 5. The van der Waals surface area contributed by atoms with Gasteiger partial charge in [-0.15, -0.1) is 11.3 Å². The van der Waals surface area contributed by atoms with Crippen LogP contribution < -0.4 is 5.32 Å². The van der Waals surface area contributed by atoms with Gasteiger partial charge < -0.3 is 10.1 Å². The molecule has 0 saturated carbocycles. The van der Waals surface area contributed by atoms with Gasteiger partial charge in [0.2, 0.25) is 15.9 Å². The van der Waals surface area contributed by atoms with Gasteiger partial charge in [0.15, 0.2) is 0 Å². The molecule has 27 heavy (non-hydrogen) atoms. The van der Waals surface area contributed by atoms with Gasteiger partial charge in [-0.1, -0.05) is 12.1 Å². The highest BCUT2D eigenvalue weighted by molar-refractivity contribution is 7.89. The molecule has 0 spiro atoms. The van der Waals surface area contributed by atoms with E-state index in [1.807, 2.05) is 18.4 Å². The number of ether oxygens (including phenoxy) is 1. The van der Waals surface area contributed by atoms with Crippen LogP contribution in [0.5, 0.6) is 0 Å². The van der Waals surface area contributed by atoms with E-state index >= 15 is 0 Å². The number of nitrogens with zero attached hydrogens (tertiary/aromatic N) is 1. The maximum Gasteiger partial charge on any atom is 0.243 e. The number of anilines is 1. The molecular formula is C19H24N2O4S2. The van der Waals surface area contributed by atoms with Crippen molar-refractivity contribution in [3.05, 3.63) is 46.2 Å². The molecule has 2 heterocycles. The van der Waals surface area contributed by atoms with Crippen LogP contribution in [0.2, 0.25) is 0 Å². The van der Waals surface area contributed by atoms with E-state index in [1.165, 1.54) is 9.18 Å². The standard InChI is InChI=1S/C19H24N2O4S2/c1-15-7-8-17(27(23,24)21-9-11-25-12-10-21)14-18(15)20-19(22)6-2-4-16-5-3-13-26-16/h3,5,7-8,13-14H,2,4,6,9-12H2,1H3,(H,20,22). The van der Waals surface area contributed by atoms with Gasteiger partial charge in [0, 0.05) is 30.1 Å². The van der Waals surface area contributed by atoms with Crippen molar-refractivity contribution >= 4 is 33.0 Å². The fraction of sp³-hybridized carbons (Fsp3) is 0.421. The molecule has 1 amide bonds. The molecule has 0 atom stereocenters. The zero-order valence-electron chi connectivity index (χ0n) is 15.3. The third-order valence-electron chi connectivity index (χ3n) is 4.50. The van der Waals surface area contributed by atoms with Gasteiger partial charge in [-0.25, -0.2) is 8.42 Å². The van der Waals surface area contributed by atoms with Crippen LogP contribution >= 0.6 is 11.3 Å². The van der Waals surface area contributed by atoms with Gasteiger partial charge in [-0.2, -0.15) is 4.31 Å². The van der Waals surface area contributed by atoms with Crippen molar-refractivity contribution < 1.29 is 17.9 Å². The Kier molecular flexibility index (Phi) is 6.64. The number of benzene rings is 1. The fourth-order valence-electron chi connectivity index (χ4n) is 2.92. The number of rotatable bonds is 7. The third-order valence-corrected chi connectivity index (χ3v) is 7.33. The monoisotopic (exact) mass is 408 g/mol. The molecule has 146 valence electrons. The van der Waals surface area contributed by atoms with Crippen molar-refractivity contribution in [1.82, 2.24) is 4.31 Å². The molecule has 0 unspecified atom stereocenters. The molecule has 6 nitrogen and oxygen atoms in total. The molecule has 0 bridgehead atoms. The zero-order valence-corrected chi connectivity index (χ0v) is 16.9. The van der Waals surface area contributed by atoms with Crippen molar-refractivity contribution in [1.29, 1.82) is 0 Å². The second kappa shape index (κ2) is 8.97. The Hall–Kier alpha value is -1.74. The third kappa shape index (κ3) is 5.16. The summed E-state index contributed by atoms with van der Waals surface area (Å²) in [5.41, 5.74) is 1.38. The molecule has 1 aliphatic heterocycles. The summed E-state index contributed by atoms with van der Waals surface area (Å²) in [5, 5.41) is 4.89. The summed E-state index contributed by atoms with van der Waals surface area (Å²) >= 11 is 1.69. The Morgan fingerprint density at radius 2 is 2.04 bits per heavy atom. The molecule has 0 radical (unpaired) electrons. The first-order valence-corrected chi connectivity index (χ1v) is 11.3. The van der Waals surface area contributed by atoms with E-state index in [2.05, 4.69) is 11.4 Å². The van der Waals surface area contributed by atoms with Crippen LogP contribution in [-0.4, -0.2) is 44.9 Å². The number of sulfonamides is 1. The van der Waals surface area contributed by atoms with Crippen molar-refractivity contribution in [3.8, 4) is 0 Å². The van der Waals surface area contributed by atoms with Gasteiger partial charge in [-0.05, 0) is 48.9 Å². The zero-order chi connectivity index (χ0) is 19.3. The number of aryl methyl sites for hydroxylation is 2. The van der Waals surface area contributed by atoms with Gasteiger partial charge in [0.05, 0.1) is 18.1 Å². The van der Waals surface area contributed by atoms with E-state index in [0.717, 1.165) is 18.4 Å². The van der Waals surface area contributed by atoms with Gasteiger partial charge in [0.1, 0.15) is 0 Å². The maximum absolute atomic E-state index is 12.8. The molecule has 1 fully saturated rings. The predicted molar refractivity (Wildman–Crippen MR) is 107 cm³/mol. The highest BCUT2D eigenvalue weighted by atomic mass is 32.2. The normalized spacial score (nSPS) is 15.6. The van der Waals surface area contributed by atoms with Crippen LogP contribution in [0.1, 0.15) is 23.3 Å². The first-order valence-electron chi connectivity index (χ1n) is 8.97. The number of carbonyl (C=O) groups is 1. The summed E-state index contributed by atoms with van der Waals surface area (Å²) in [6, 6.07) is 8.94. The highest BCUT2D eigenvalue weighted by Crippen LogP contribution is 2.24. The smallest absolute Gasteiger partial charge is 0.243 e. The van der Waals surface area contributed by atoms with Crippen LogP contribution in [0.3, 0.4) is 0 Å². The van der Waals surface area contributed by atoms with E-state index < -0.39 is 10.0 Å². The summed E-state index contributed by atoms with van der Waals surface area (Å²) in [7, 11) is -3.58. The molecule has 8 heteroatoms. The van der Waals surface area contributed by atoms with Crippen LogP contribution in [0.15, 0.2) is 40.6 Å². The summed E-state index contributed by atoms with van der Waals surface area (Å²) in [5.74, 6) is -0.101. The van der Waals surface area contributed by atoms with Crippen molar-refractivity contribution in [2.75, 3.05) is 31.6 Å². The van der Waals surface area contributed by atoms with Crippen LogP contribution in [0.25, 0.3) is 0 Å². The van der Waals surface area contributed by atoms with Gasteiger partial charge in [-0.3, -0.25) is 4.79 Å². The minimum atomic E-state index is -3.58. The van der Waals surface area contributed by atoms with Crippen LogP contribution in [0.4, 0.5) is 5.69 Å². The second-order valence-electron chi connectivity index (χ2n) is 6.47. The van der Waals surface area contributed by atoms with E-state index in [1.54, 1.807) is 29.5 Å². The number of nitrogens with one attached hydrogen (secondary N) is 1. The lowest BCUT2D eigenvalue weighted by Gasteiger charge is -2.26. The Balaban J connectivity index is 1.65. The Bertz CT molecular complexity index is 873. The fourth-order valence-corrected chi connectivity index (χ4v) is 5.11. The topological polar surface area (TPSA) is 75.7 Å². The van der Waals surface area contributed by atoms with Crippen LogP contribution in [-0.2, 0) is 26.0 Å². The molecule has 2 aromatic rings. The van der Waals surface area contributed by atoms with E-state index in [4.69, 9.17) is 4.74 Å². The number of carbonyl (C=O) groups excluding carboxylic acids is 1. The minimum Gasteiger partial charge on any atom is -0.379 e. The first-order chi connectivity index (χ1) is 13.0.